The number of methoxy groups -OCH3 is 2. The van der Waals surface area contributed by atoms with Gasteiger partial charge in [-0.3, -0.25) is 4.79 Å². The molecular weight excluding hydrogens is 488 g/mol. The number of nitrogens with zero attached hydrogens (tertiary/aromatic N) is 2. The van der Waals surface area contributed by atoms with E-state index in [-0.39, 0.29) is 12.3 Å². The van der Waals surface area contributed by atoms with Crippen molar-refractivity contribution in [1.29, 1.82) is 0 Å². The lowest BCUT2D eigenvalue weighted by atomic mass is 9.93. The number of hydrogen-bond donors (Lipinski definition) is 2. The molecule has 5 rings (SSSR count). The van der Waals surface area contributed by atoms with Crippen molar-refractivity contribution in [2.45, 2.75) is 25.8 Å². The summed E-state index contributed by atoms with van der Waals surface area (Å²) in [4.78, 5) is 35.7. The van der Waals surface area contributed by atoms with Crippen LogP contribution in [0.4, 0.5) is 0 Å². The van der Waals surface area contributed by atoms with Crippen LogP contribution in [0.15, 0.2) is 82.1 Å². The van der Waals surface area contributed by atoms with Crippen molar-refractivity contribution in [3.63, 3.8) is 0 Å². The van der Waals surface area contributed by atoms with E-state index in [9.17, 15) is 9.59 Å². The summed E-state index contributed by atoms with van der Waals surface area (Å²) in [5.41, 5.74) is 4.90. The largest absolute Gasteiger partial charge is 0.497 e. The van der Waals surface area contributed by atoms with Crippen LogP contribution in [0.2, 0.25) is 0 Å². The fourth-order valence-electron chi connectivity index (χ4n) is 4.77. The third-order valence-corrected chi connectivity index (χ3v) is 7.44. The molecule has 0 spiro atoms. The Morgan fingerprint density at radius 2 is 2.00 bits per heavy atom. The number of aromatic amines is 1. The molecule has 8 nitrogen and oxygen atoms in total. The molecule has 0 radical (unpaired) electrons. The first-order chi connectivity index (χ1) is 18.0. The Kier molecular flexibility index (Phi) is 7.05. The maximum atomic E-state index is 13.0. The fourth-order valence-corrected chi connectivity index (χ4v) is 5.73. The Labute approximate surface area is 219 Å². The molecule has 3 heterocycles. The van der Waals surface area contributed by atoms with Gasteiger partial charge in [0.1, 0.15) is 5.75 Å². The number of carbonyl (C=O) groups is 2. The van der Waals surface area contributed by atoms with Crippen molar-refractivity contribution in [2.24, 2.45) is 4.99 Å². The molecule has 0 bridgehead atoms. The smallest absolute Gasteiger partial charge is 0.338 e. The van der Waals surface area contributed by atoms with Crippen LogP contribution in [0, 0.1) is 0 Å². The standard InChI is InChI=1S/C28H28N4O4S/c1-17-25(27(34)36-3)26(18-7-6-8-21(13-18)35-2)32-20(16-37-28(32)31-17)14-24(33)29-12-11-19-15-30-23-10-5-4-9-22(19)23/h4-10,13,15-16,26,30H,11-12,14H2,1-3H3,(H,29,33). The predicted molar refractivity (Wildman–Crippen MR) is 145 cm³/mol. The Bertz CT molecular complexity index is 1460. The lowest BCUT2D eigenvalue weighted by molar-refractivity contribution is -0.136. The van der Waals surface area contributed by atoms with Gasteiger partial charge in [-0.25, -0.2) is 9.79 Å². The third kappa shape index (κ3) is 4.86. The molecule has 0 aliphatic carbocycles. The molecule has 1 aromatic heterocycles. The molecule has 2 aliphatic heterocycles. The highest BCUT2D eigenvalue weighted by atomic mass is 32.2. The Morgan fingerprint density at radius 3 is 2.81 bits per heavy atom. The van der Waals surface area contributed by atoms with Crippen LogP contribution in [0.3, 0.4) is 0 Å². The molecule has 1 unspecified atom stereocenters. The van der Waals surface area contributed by atoms with Gasteiger partial charge in [-0.1, -0.05) is 42.1 Å². The highest BCUT2D eigenvalue weighted by molar-refractivity contribution is 8.16. The minimum atomic E-state index is -0.490. The first-order valence-electron chi connectivity index (χ1n) is 12.0. The predicted octanol–water partition coefficient (Wildman–Crippen LogP) is 4.67. The van der Waals surface area contributed by atoms with E-state index in [1.54, 1.807) is 14.0 Å². The van der Waals surface area contributed by atoms with Crippen LogP contribution in [0.1, 0.15) is 30.5 Å². The summed E-state index contributed by atoms with van der Waals surface area (Å²) in [5.74, 6) is 0.131. The van der Waals surface area contributed by atoms with Gasteiger partial charge in [0.25, 0.3) is 0 Å². The summed E-state index contributed by atoms with van der Waals surface area (Å²) in [6, 6.07) is 15.2. The SMILES string of the molecule is COC(=O)C1=C(C)N=C2SC=C(CC(=O)NCCc3c[nH]c4ccccc34)N2C1c1cccc(OC)c1. The number of allylic oxidation sites excluding steroid dienone is 1. The Morgan fingerprint density at radius 1 is 1.16 bits per heavy atom. The van der Waals surface area contributed by atoms with Gasteiger partial charge in [-0.2, -0.15) is 0 Å². The molecule has 0 saturated heterocycles. The zero-order valence-corrected chi connectivity index (χ0v) is 21.7. The van der Waals surface area contributed by atoms with E-state index in [4.69, 9.17) is 9.47 Å². The maximum Gasteiger partial charge on any atom is 0.338 e. The molecule has 37 heavy (non-hydrogen) atoms. The number of amidine groups is 1. The number of aromatic nitrogens is 1. The number of thioether (sulfide) groups is 1. The molecular formula is C28H28N4O4S. The quantitative estimate of drug-likeness (QED) is 0.423. The third-order valence-electron chi connectivity index (χ3n) is 6.55. The van der Waals surface area contributed by atoms with Gasteiger partial charge < -0.3 is 24.7 Å². The maximum absolute atomic E-state index is 13.0. The molecule has 2 aromatic carbocycles. The molecule has 0 fully saturated rings. The van der Waals surface area contributed by atoms with Crippen LogP contribution in [-0.4, -0.2) is 47.7 Å². The van der Waals surface area contributed by atoms with Gasteiger partial charge in [0.2, 0.25) is 5.91 Å². The zero-order valence-electron chi connectivity index (χ0n) is 20.9. The highest BCUT2D eigenvalue weighted by Crippen LogP contribution is 2.45. The van der Waals surface area contributed by atoms with Crippen molar-refractivity contribution in [3.05, 3.63) is 88.2 Å². The van der Waals surface area contributed by atoms with Gasteiger partial charge in [-0.15, -0.1) is 0 Å². The second-order valence-electron chi connectivity index (χ2n) is 8.80. The summed E-state index contributed by atoms with van der Waals surface area (Å²) in [5, 5.41) is 6.86. The average Bonchev–Trinajstić information content (AvgIpc) is 3.51. The zero-order chi connectivity index (χ0) is 25.9. The fraction of sp³-hybridized carbons (Fsp3) is 0.250. The number of para-hydroxylation sites is 1. The molecule has 0 saturated carbocycles. The molecule has 9 heteroatoms. The second-order valence-corrected chi connectivity index (χ2v) is 9.63. The molecule has 2 N–H and O–H groups in total. The molecule has 3 aromatic rings. The summed E-state index contributed by atoms with van der Waals surface area (Å²) in [6.07, 6.45) is 2.87. The second kappa shape index (κ2) is 10.6. The van der Waals surface area contributed by atoms with E-state index in [1.165, 1.54) is 29.8 Å². The van der Waals surface area contributed by atoms with Crippen LogP contribution in [0.25, 0.3) is 10.9 Å². The summed E-state index contributed by atoms with van der Waals surface area (Å²) in [6.45, 7) is 2.33. The van der Waals surface area contributed by atoms with Crippen molar-refractivity contribution < 1.29 is 19.1 Å². The van der Waals surface area contributed by atoms with Gasteiger partial charge in [0.15, 0.2) is 5.17 Å². The molecule has 1 atom stereocenters. The van der Waals surface area contributed by atoms with Gasteiger partial charge >= 0.3 is 5.97 Å². The van der Waals surface area contributed by atoms with Gasteiger partial charge in [0.05, 0.1) is 38.0 Å². The number of ether oxygens (including phenoxy) is 2. The molecule has 2 aliphatic rings. The van der Waals surface area contributed by atoms with Crippen LogP contribution in [0.5, 0.6) is 5.75 Å². The van der Waals surface area contributed by atoms with Crippen LogP contribution >= 0.6 is 11.8 Å². The number of aliphatic imine (C=N–C) groups is 1. The topological polar surface area (TPSA) is 96.0 Å². The van der Waals surface area contributed by atoms with Crippen LogP contribution < -0.4 is 10.1 Å². The normalized spacial score (nSPS) is 16.8. The van der Waals surface area contributed by atoms with Crippen molar-refractivity contribution in [1.82, 2.24) is 15.2 Å². The summed E-state index contributed by atoms with van der Waals surface area (Å²) < 4.78 is 10.6. The summed E-state index contributed by atoms with van der Waals surface area (Å²) in [7, 11) is 2.97. The lowest BCUT2D eigenvalue weighted by Crippen LogP contribution is -2.38. The number of rotatable bonds is 8. The van der Waals surface area contributed by atoms with E-state index in [0.29, 0.717) is 23.6 Å². The van der Waals surface area contributed by atoms with Gasteiger partial charge in [0, 0.05) is 29.3 Å². The minimum absolute atomic E-state index is 0.0942. The van der Waals surface area contributed by atoms with Crippen molar-refractivity contribution in [3.8, 4) is 5.75 Å². The molecule has 1 amide bonds. The molecule has 190 valence electrons. The number of H-pyrrole nitrogens is 1. The summed E-state index contributed by atoms with van der Waals surface area (Å²) >= 11 is 1.45. The Balaban J connectivity index is 1.34. The van der Waals surface area contributed by atoms with Gasteiger partial charge in [-0.05, 0) is 48.1 Å². The Hall–Kier alpha value is -3.98. The number of amides is 1. The van der Waals surface area contributed by atoms with E-state index >= 15 is 0 Å². The van der Waals surface area contributed by atoms with Crippen LogP contribution in [-0.2, 0) is 20.7 Å². The number of nitrogens with one attached hydrogen (secondary N) is 2. The number of carbonyl (C=O) groups excluding carboxylic acids is 2. The average molecular weight is 517 g/mol. The monoisotopic (exact) mass is 516 g/mol. The first kappa shape index (κ1) is 24.7. The van der Waals surface area contributed by atoms with E-state index in [0.717, 1.165) is 28.4 Å². The van der Waals surface area contributed by atoms with E-state index < -0.39 is 12.0 Å². The van der Waals surface area contributed by atoms with E-state index in [2.05, 4.69) is 21.4 Å². The van der Waals surface area contributed by atoms with Crippen molar-refractivity contribution in [2.75, 3.05) is 20.8 Å². The van der Waals surface area contributed by atoms with E-state index in [1.807, 2.05) is 59.0 Å². The number of hydrogen-bond acceptors (Lipinski definition) is 7. The van der Waals surface area contributed by atoms with Crippen molar-refractivity contribution >= 4 is 39.7 Å². The highest BCUT2D eigenvalue weighted by Gasteiger charge is 2.41. The first-order valence-corrected chi connectivity index (χ1v) is 12.9. The number of esters is 1. The lowest BCUT2D eigenvalue weighted by Gasteiger charge is -2.36. The minimum Gasteiger partial charge on any atom is -0.497 e. The number of fused-ring (bicyclic) bond motifs is 2. The number of benzene rings is 2.